The van der Waals surface area contributed by atoms with Crippen LogP contribution in [0.4, 0.5) is 0 Å². The highest BCUT2D eigenvalue weighted by Gasteiger charge is 2.32. The highest BCUT2D eigenvalue weighted by atomic mass is 33.1. The summed E-state index contributed by atoms with van der Waals surface area (Å²) in [7, 11) is 3.25. The molecule has 0 aromatic heterocycles. The fourth-order valence-electron chi connectivity index (χ4n) is 4.27. The van der Waals surface area contributed by atoms with Crippen LogP contribution in [0.2, 0.25) is 12.1 Å². The van der Waals surface area contributed by atoms with Gasteiger partial charge in [-0.1, -0.05) is 101 Å². The van der Waals surface area contributed by atoms with Gasteiger partial charge in [0.05, 0.1) is 19.0 Å². The third-order valence-corrected chi connectivity index (χ3v) is 13.6. The number of hydrogen-bond acceptors (Lipinski definition) is 6. The monoisotopic (exact) mass is 582 g/mol. The Labute approximate surface area is 238 Å². The van der Waals surface area contributed by atoms with Gasteiger partial charge in [0.2, 0.25) is 0 Å². The molecule has 0 aromatic carbocycles. The molecule has 0 aromatic rings. The average molecular weight is 583 g/mol. The van der Waals surface area contributed by atoms with Gasteiger partial charge in [0.25, 0.3) is 0 Å². The Morgan fingerprint density at radius 3 is 1.08 bits per heavy atom. The third-order valence-electron chi connectivity index (χ3n) is 6.25. The van der Waals surface area contributed by atoms with Crippen molar-refractivity contribution < 1.29 is 18.9 Å². The molecule has 0 unspecified atom stereocenters. The molecule has 0 aliphatic heterocycles. The molecule has 36 heavy (non-hydrogen) atoms. The van der Waals surface area contributed by atoms with E-state index in [9.17, 15) is 0 Å². The Kier molecular flexibility index (Phi) is 26.9. The predicted octanol–water partition coefficient (Wildman–Crippen LogP) is 7.72. The molecule has 0 N–H and O–H groups in total. The lowest BCUT2D eigenvalue weighted by atomic mass is 10.3. The summed E-state index contributed by atoms with van der Waals surface area (Å²) in [5.41, 5.74) is -0.468. The minimum absolute atomic E-state index is 0.234. The Morgan fingerprint density at radius 2 is 0.806 bits per heavy atom. The molecule has 0 saturated carbocycles. The summed E-state index contributed by atoms with van der Waals surface area (Å²) in [5, 5.41) is 0. The van der Waals surface area contributed by atoms with Crippen molar-refractivity contribution in [3.05, 3.63) is 0 Å². The largest absolute Gasteiger partial charge is 0.354 e. The summed E-state index contributed by atoms with van der Waals surface area (Å²) in [4.78, 5) is 0. The second-order valence-corrected chi connectivity index (χ2v) is 17.3. The van der Waals surface area contributed by atoms with Crippen molar-refractivity contribution in [3.8, 4) is 0 Å². The summed E-state index contributed by atoms with van der Waals surface area (Å²) in [6.45, 7) is 16.7. The van der Waals surface area contributed by atoms with Crippen LogP contribution in [0.25, 0.3) is 0 Å². The van der Waals surface area contributed by atoms with E-state index in [1.54, 1.807) is 0 Å². The molecule has 0 bridgehead atoms. The highest BCUT2D eigenvalue weighted by molar-refractivity contribution is 8.76. The summed E-state index contributed by atoms with van der Waals surface area (Å²) < 4.78 is 25.7. The van der Waals surface area contributed by atoms with E-state index in [-0.39, 0.29) is 10.8 Å². The summed E-state index contributed by atoms with van der Waals surface area (Å²) in [5.74, 6) is 2.35. The molecule has 0 amide bonds. The molecule has 0 heterocycles. The molecular formula is C28H62O4S2Si2. The Balaban J connectivity index is 4.57. The molecule has 218 valence electrons. The van der Waals surface area contributed by atoms with Crippen LogP contribution in [0.3, 0.4) is 0 Å². The van der Waals surface area contributed by atoms with Crippen molar-refractivity contribution in [1.29, 1.82) is 0 Å². The SMILES string of the molecule is CCCC[SiH2]C(CCCSSCCCC(OCCC)(OCCC)[SiH2]CCCC)(OCCC)OCCC. The van der Waals surface area contributed by atoms with E-state index in [1.807, 2.05) is 21.6 Å². The fourth-order valence-corrected chi connectivity index (χ4v) is 11.2. The quantitative estimate of drug-likeness (QED) is 0.0389. The topological polar surface area (TPSA) is 36.9 Å². The lowest BCUT2D eigenvalue weighted by molar-refractivity contribution is -0.185. The fraction of sp³-hybridized carbons (Fsp3) is 1.00. The first-order valence-electron chi connectivity index (χ1n) is 15.4. The molecule has 4 nitrogen and oxygen atoms in total. The van der Waals surface area contributed by atoms with E-state index >= 15 is 0 Å². The van der Waals surface area contributed by atoms with Crippen molar-refractivity contribution in [2.45, 2.75) is 142 Å². The Morgan fingerprint density at radius 1 is 0.472 bits per heavy atom. The first kappa shape index (κ1) is 37.0. The minimum Gasteiger partial charge on any atom is -0.354 e. The Hall–Kier alpha value is 0.974. The maximum atomic E-state index is 6.41. The van der Waals surface area contributed by atoms with E-state index in [1.165, 1.54) is 62.1 Å². The molecule has 0 radical (unpaired) electrons. The highest BCUT2D eigenvalue weighted by Crippen LogP contribution is 2.30. The predicted molar refractivity (Wildman–Crippen MR) is 170 cm³/mol. The van der Waals surface area contributed by atoms with Crippen LogP contribution in [0.15, 0.2) is 0 Å². The van der Waals surface area contributed by atoms with E-state index in [0.29, 0.717) is 0 Å². The number of rotatable bonds is 29. The lowest BCUT2D eigenvalue weighted by Crippen LogP contribution is -2.43. The molecule has 0 aliphatic rings. The van der Waals surface area contributed by atoms with Gasteiger partial charge >= 0.3 is 0 Å². The summed E-state index contributed by atoms with van der Waals surface area (Å²) >= 11 is 0. The van der Waals surface area contributed by atoms with Gasteiger partial charge in [0, 0.05) is 37.9 Å². The third kappa shape index (κ3) is 19.1. The second-order valence-electron chi connectivity index (χ2n) is 9.98. The van der Waals surface area contributed by atoms with E-state index in [0.717, 1.165) is 65.0 Å². The van der Waals surface area contributed by atoms with Gasteiger partial charge in [-0.2, -0.15) is 0 Å². The van der Waals surface area contributed by atoms with Crippen molar-refractivity contribution in [2.24, 2.45) is 0 Å². The zero-order valence-electron chi connectivity index (χ0n) is 25.0. The molecular weight excluding hydrogens is 521 g/mol. The number of ether oxygens (including phenoxy) is 4. The van der Waals surface area contributed by atoms with Crippen molar-refractivity contribution in [3.63, 3.8) is 0 Å². The zero-order chi connectivity index (χ0) is 26.8. The van der Waals surface area contributed by atoms with E-state index < -0.39 is 19.0 Å². The lowest BCUT2D eigenvalue weighted by Gasteiger charge is -2.34. The average Bonchev–Trinajstić information content (AvgIpc) is 2.89. The number of hydrogen-bond donors (Lipinski definition) is 0. The van der Waals surface area contributed by atoms with Crippen LogP contribution >= 0.6 is 21.6 Å². The first-order valence-corrected chi connectivity index (χ1v) is 21.3. The van der Waals surface area contributed by atoms with Crippen LogP contribution < -0.4 is 0 Å². The molecule has 0 aliphatic carbocycles. The molecule has 8 heteroatoms. The standard InChI is InChI=1S/C28H62O4S2Si2/c1-7-13-25-35-27(29-19-9-3,30-20-10-4)17-15-23-33-34-24-16-18-28(31-21-11-5,32-22-12-6)36-26-14-8-2/h7-26,35-36H2,1-6H3. The van der Waals surface area contributed by atoms with Gasteiger partial charge in [-0.05, 0) is 51.4 Å². The smallest absolute Gasteiger partial charge is 0.145 e. The first-order chi connectivity index (χ1) is 17.6. The minimum atomic E-state index is -0.405. The number of unbranched alkanes of at least 4 members (excludes halogenated alkanes) is 2. The second kappa shape index (κ2) is 26.2. The van der Waals surface area contributed by atoms with Crippen molar-refractivity contribution in [1.82, 2.24) is 0 Å². The molecule has 0 rings (SSSR count). The molecule has 0 saturated heterocycles. The van der Waals surface area contributed by atoms with Gasteiger partial charge in [-0.15, -0.1) is 0 Å². The van der Waals surface area contributed by atoms with Gasteiger partial charge in [0.15, 0.2) is 0 Å². The zero-order valence-corrected chi connectivity index (χ0v) is 29.5. The van der Waals surface area contributed by atoms with Gasteiger partial charge < -0.3 is 18.9 Å². The Bertz CT molecular complexity index is 405. The van der Waals surface area contributed by atoms with Crippen LogP contribution in [0.1, 0.15) is 119 Å². The van der Waals surface area contributed by atoms with Crippen LogP contribution in [0, 0.1) is 0 Å². The van der Waals surface area contributed by atoms with Crippen molar-refractivity contribution in [2.75, 3.05) is 37.9 Å². The molecule has 0 spiro atoms. The summed E-state index contributed by atoms with van der Waals surface area (Å²) in [6.07, 6.45) is 13.9. The van der Waals surface area contributed by atoms with Crippen molar-refractivity contribution >= 4 is 40.6 Å². The van der Waals surface area contributed by atoms with Crippen LogP contribution in [0.5, 0.6) is 0 Å². The molecule has 0 fully saturated rings. The van der Waals surface area contributed by atoms with Crippen LogP contribution in [-0.2, 0) is 18.9 Å². The van der Waals surface area contributed by atoms with E-state index in [2.05, 4.69) is 41.5 Å². The summed E-state index contributed by atoms with van der Waals surface area (Å²) in [6, 6.07) is 2.66. The van der Waals surface area contributed by atoms with Gasteiger partial charge in [0.1, 0.15) is 10.8 Å². The molecule has 0 atom stereocenters. The van der Waals surface area contributed by atoms with Gasteiger partial charge in [-0.25, -0.2) is 0 Å². The maximum absolute atomic E-state index is 6.41. The normalized spacial score (nSPS) is 13.2. The van der Waals surface area contributed by atoms with Gasteiger partial charge in [-0.3, -0.25) is 0 Å². The van der Waals surface area contributed by atoms with E-state index in [4.69, 9.17) is 18.9 Å². The van der Waals surface area contributed by atoms with Crippen LogP contribution in [-0.4, -0.2) is 67.8 Å². The maximum Gasteiger partial charge on any atom is 0.145 e.